The fraction of sp³-hybridized carbons (Fsp3) is 0.579. The molecule has 1 fully saturated rings. The van der Waals surface area contributed by atoms with Crippen molar-refractivity contribution in [2.24, 2.45) is 4.99 Å². The number of rotatable bonds is 6. The Kier molecular flexibility index (Phi) is 6.78. The van der Waals surface area contributed by atoms with Crippen LogP contribution in [0.2, 0.25) is 0 Å². The third kappa shape index (κ3) is 4.41. The average Bonchev–Trinajstić information content (AvgIpc) is 2.98. The van der Waals surface area contributed by atoms with E-state index in [1.807, 2.05) is 6.20 Å². The highest BCUT2D eigenvalue weighted by Gasteiger charge is 2.28. The third-order valence-electron chi connectivity index (χ3n) is 4.61. The van der Waals surface area contributed by atoms with Crippen molar-refractivity contribution in [3.8, 4) is 0 Å². The van der Waals surface area contributed by atoms with E-state index < -0.39 is 0 Å². The molecule has 4 heteroatoms. The first-order chi connectivity index (χ1) is 11.2. The van der Waals surface area contributed by atoms with E-state index in [4.69, 9.17) is 4.99 Å². The zero-order chi connectivity index (χ0) is 16.7. The summed E-state index contributed by atoms with van der Waals surface area (Å²) in [6.07, 6.45) is 12.7. The van der Waals surface area contributed by atoms with E-state index in [1.165, 1.54) is 29.8 Å². The number of H-pyrrole nitrogens is 1. The molecule has 1 aliphatic carbocycles. The molecule has 2 rings (SSSR count). The summed E-state index contributed by atoms with van der Waals surface area (Å²) < 4.78 is 0. The van der Waals surface area contributed by atoms with Gasteiger partial charge in [-0.15, -0.1) is 0 Å². The predicted octanol–water partition coefficient (Wildman–Crippen LogP) is 4.40. The highest BCUT2D eigenvalue weighted by molar-refractivity contribution is 6.05. The minimum atomic E-state index is 0.393. The molecule has 23 heavy (non-hydrogen) atoms. The minimum Gasteiger partial charge on any atom is -0.347 e. The van der Waals surface area contributed by atoms with Crippen LogP contribution in [-0.2, 0) is 6.54 Å². The lowest BCUT2D eigenvalue weighted by Gasteiger charge is -2.35. The van der Waals surface area contributed by atoms with E-state index >= 15 is 0 Å². The van der Waals surface area contributed by atoms with Crippen LogP contribution in [0.4, 0.5) is 0 Å². The zero-order valence-corrected chi connectivity index (χ0v) is 15.0. The van der Waals surface area contributed by atoms with E-state index in [2.05, 4.69) is 54.7 Å². The van der Waals surface area contributed by atoms with Gasteiger partial charge in [0.15, 0.2) is 0 Å². The molecule has 0 aromatic carbocycles. The molecule has 0 saturated heterocycles. The molecular weight excluding hydrogens is 284 g/mol. The molecule has 0 bridgehead atoms. The van der Waals surface area contributed by atoms with Crippen LogP contribution >= 0.6 is 0 Å². The SMILES string of the molecule is C/C=C1/CCCC(N(CC)Cc2[nH]cnc2C)/C1=N/C=C\CC. The van der Waals surface area contributed by atoms with Crippen molar-refractivity contribution in [1.82, 2.24) is 14.9 Å². The molecule has 1 atom stereocenters. The monoisotopic (exact) mass is 314 g/mol. The van der Waals surface area contributed by atoms with Gasteiger partial charge in [0.2, 0.25) is 0 Å². The minimum absolute atomic E-state index is 0.393. The maximum Gasteiger partial charge on any atom is 0.0925 e. The number of aromatic nitrogens is 2. The Morgan fingerprint density at radius 3 is 2.87 bits per heavy atom. The second kappa shape index (κ2) is 8.82. The molecule has 1 aliphatic rings. The lowest BCUT2D eigenvalue weighted by molar-refractivity contribution is 0.226. The number of hydrogen-bond donors (Lipinski definition) is 1. The lowest BCUT2D eigenvalue weighted by Crippen LogP contribution is -2.43. The molecule has 4 nitrogen and oxygen atoms in total. The van der Waals surface area contributed by atoms with Crippen LogP contribution in [0.3, 0.4) is 0 Å². The first-order valence-corrected chi connectivity index (χ1v) is 8.82. The summed E-state index contributed by atoms with van der Waals surface area (Å²) >= 11 is 0. The zero-order valence-electron chi connectivity index (χ0n) is 15.0. The quantitative estimate of drug-likeness (QED) is 0.845. The summed E-state index contributed by atoms with van der Waals surface area (Å²) in [5.41, 5.74) is 4.96. The van der Waals surface area contributed by atoms with Gasteiger partial charge >= 0.3 is 0 Å². The molecule has 0 spiro atoms. The molecule has 126 valence electrons. The van der Waals surface area contributed by atoms with E-state index in [-0.39, 0.29) is 0 Å². The summed E-state index contributed by atoms with van der Waals surface area (Å²) in [6.45, 7) is 10.5. The summed E-state index contributed by atoms with van der Waals surface area (Å²) in [5.74, 6) is 0. The number of aromatic amines is 1. The highest BCUT2D eigenvalue weighted by atomic mass is 15.2. The molecule has 1 N–H and O–H groups in total. The predicted molar refractivity (Wildman–Crippen MR) is 97.7 cm³/mol. The maximum absolute atomic E-state index is 4.83. The number of aliphatic imine (C=N–C) groups is 1. The van der Waals surface area contributed by atoms with Gasteiger partial charge in [0, 0.05) is 12.7 Å². The number of hydrogen-bond acceptors (Lipinski definition) is 3. The lowest BCUT2D eigenvalue weighted by atomic mass is 9.87. The van der Waals surface area contributed by atoms with Gasteiger partial charge in [-0.3, -0.25) is 9.89 Å². The number of allylic oxidation sites excluding steroid dienone is 2. The Morgan fingerprint density at radius 1 is 1.43 bits per heavy atom. The summed E-state index contributed by atoms with van der Waals surface area (Å²) in [6, 6.07) is 0.393. The highest BCUT2D eigenvalue weighted by Crippen LogP contribution is 2.27. The average molecular weight is 314 g/mol. The van der Waals surface area contributed by atoms with Crippen molar-refractivity contribution < 1.29 is 0 Å². The van der Waals surface area contributed by atoms with Crippen LogP contribution < -0.4 is 0 Å². The number of aryl methyl sites for hydroxylation is 1. The van der Waals surface area contributed by atoms with Crippen molar-refractivity contribution >= 4 is 5.71 Å². The van der Waals surface area contributed by atoms with Gasteiger partial charge in [0.1, 0.15) is 0 Å². The fourth-order valence-electron chi connectivity index (χ4n) is 3.21. The van der Waals surface area contributed by atoms with E-state index in [9.17, 15) is 0 Å². The van der Waals surface area contributed by atoms with Gasteiger partial charge in [0.05, 0.1) is 29.5 Å². The molecule has 0 amide bonds. The van der Waals surface area contributed by atoms with Gasteiger partial charge in [0.25, 0.3) is 0 Å². The van der Waals surface area contributed by atoms with Crippen LogP contribution in [0.25, 0.3) is 0 Å². The summed E-state index contributed by atoms with van der Waals surface area (Å²) in [5, 5.41) is 0. The van der Waals surface area contributed by atoms with Crippen molar-refractivity contribution in [2.45, 2.75) is 66.0 Å². The fourth-order valence-corrected chi connectivity index (χ4v) is 3.21. The number of nitrogens with zero attached hydrogens (tertiary/aromatic N) is 3. The van der Waals surface area contributed by atoms with E-state index in [0.29, 0.717) is 6.04 Å². The third-order valence-corrected chi connectivity index (χ3v) is 4.61. The summed E-state index contributed by atoms with van der Waals surface area (Å²) in [7, 11) is 0. The van der Waals surface area contributed by atoms with Crippen LogP contribution in [0.1, 0.15) is 57.8 Å². The van der Waals surface area contributed by atoms with E-state index in [0.717, 1.165) is 31.6 Å². The molecule has 1 aromatic heterocycles. The first-order valence-electron chi connectivity index (χ1n) is 8.82. The van der Waals surface area contributed by atoms with Crippen molar-refractivity contribution in [3.63, 3.8) is 0 Å². The van der Waals surface area contributed by atoms with Crippen LogP contribution in [0, 0.1) is 6.92 Å². The van der Waals surface area contributed by atoms with Crippen LogP contribution in [0.15, 0.2) is 35.2 Å². The van der Waals surface area contributed by atoms with Gasteiger partial charge in [-0.25, -0.2) is 4.98 Å². The molecule has 1 aromatic rings. The van der Waals surface area contributed by atoms with Gasteiger partial charge in [-0.1, -0.05) is 26.0 Å². The van der Waals surface area contributed by atoms with Crippen molar-refractivity contribution in [3.05, 3.63) is 41.6 Å². The molecule has 0 radical (unpaired) electrons. The standard InChI is InChI=1S/C19H30N4/c1-5-8-12-20-19-16(6-2)10-9-11-18(19)23(7-3)13-17-15(4)21-14-22-17/h6,8,12,14,18H,5,7,9-11,13H2,1-4H3,(H,21,22)/b12-8-,16-6-,20-19+. The molecular formula is C19H30N4. The topological polar surface area (TPSA) is 44.3 Å². The second-order valence-electron chi connectivity index (χ2n) is 6.06. The Balaban J connectivity index is 2.25. The second-order valence-corrected chi connectivity index (χ2v) is 6.06. The van der Waals surface area contributed by atoms with Crippen molar-refractivity contribution in [2.75, 3.05) is 6.54 Å². The van der Waals surface area contributed by atoms with Crippen LogP contribution in [-0.4, -0.2) is 33.2 Å². The Hall–Kier alpha value is -1.68. The maximum atomic E-state index is 4.83. The summed E-state index contributed by atoms with van der Waals surface area (Å²) in [4.78, 5) is 14.9. The van der Waals surface area contributed by atoms with Crippen molar-refractivity contribution in [1.29, 1.82) is 0 Å². The Morgan fingerprint density at radius 2 is 2.26 bits per heavy atom. The number of nitrogens with one attached hydrogen (secondary N) is 1. The molecule has 1 heterocycles. The van der Waals surface area contributed by atoms with Gasteiger partial charge < -0.3 is 4.98 Å². The van der Waals surface area contributed by atoms with Gasteiger partial charge in [-0.05, 0) is 51.6 Å². The normalized spacial score (nSPS) is 22.7. The largest absolute Gasteiger partial charge is 0.347 e. The molecule has 1 unspecified atom stereocenters. The molecule has 0 aliphatic heterocycles. The Labute approximate surface area is 140 Å². The van der Waals surface area contributed by atoms with Crippen LogP contribution in [0.5, 0.6) is 0 Å². The Bertz CT molecular complexity index is 580. The van der Waals surface area contributed by atoms with Gasteiger partial charge in [-0.2, -0.15) is 0 Å². The smallest absolute Gasteiger partial charge is 0.0925 e. The molecule has 1 saturated carbocycles. The number of imidazole rings is 1. The van der Waals surface area contributed by atoms with E-state index in [1.54, 1.807) is 6.33 Å². The first kappa shape index (κ1) is 17.7.